The second-order valence-corrected chi connectivity index (χ2v) is 4.91. The fraction of sp³-hybridized carbons (Fsp3) is 0.412. The zero-order valence-electron chi connectivity index (χ0n) is 12.9. The predicted octanol–water partition coefficient (Wildman–Crippen LogP) is 3.68. The summed E-state index contributed by atoms with van der Waals surface area (Å²) in [5, 5.41) is 3.12. The molecular formula is C17H23NO3. The maximum atomic E-state index is 5.83. The Morgan fingerprint density at radius 2 is 1.86 bits per heavy atom. The Morgan fingerprint density at radius 1 is 1.14 bits per heavy atom. The summed E-state index contributed by atoms with van der Waals surface area (Å²) in [4.78, 5) is 0. The first-order chi connectivity index (χ1) is 10.2. The molecule has 0 spiro atoms. The Bertz CT molecular complexity index is 563. The topological polar surface area (TPSA) is 43.6 Å². The van der Waals surface area contributed by atoms with E-state index >= 15 is 0 Å². The number of hydrogen-bond donors (Lipinski definition) is 1. The van der Waals surface area contributed by atoms with Crippen LogP contribution in [0.1, 0.15) is 30.4 Å². The van der Waals surface area contributed by atoms with Crippen LogP contribution in [0.25, 0.3) is 0 Å². The van der Waals surface area contributed by atoms with E-state index in [1.165, 1.54) is 0 Å². The van der Waals surface area contributed by atoms with Gasteiger partial charge in [-0.3, -0.25) is 0 Å². The number of ether oxygens (including phenoxy) is 2. The molecular weight excluding hydrogens is 266 g/mol. The number of furan rings is 1. The predicted molar refractivity (Wildman–Crippen MR) is 82.8 cm³/mol. The molecule has 0 aliphatic heterocycles. The van der Waals surface area contributed by atoms with Crippen LogP contribution in [-0.4, -0.2) is 13.7 Å². The molecule has 4 nitrogen and oxygen atoms in total. The van der Waals surface area contributed by atoms with Gasteiger partial charge in [0, 0.05) is 12.1 Å². The molecule has 0 bridgehead atoms. The number of aryl methyl sites for hydroxylation is 1. The van der Waals surface area contributed by atoms with Gasteiger partial charge < -0.3 is 19.2 Å². The van der Waals surface area contributed by atoms with Crippen LogP contribution in [0.3, 0.4) is 0 Å². The van der Waals surface area contributed by atoms with Gasteiger partial charge in [-0.05, 0) is 38.6 Å². The van der Waals surface area contributed by atoms with E-state index < -0.39 is 0 Å². The molecule has 1 heterocycles. The lowest BCUT2D eigenvalue weighted by Gasteiger charge is -2.11. The van der Waals surface area contributed by atoms with Gasteiger partial charge in [-0.25, -0.2) is 0 Å². The number of nitrogens with one attached hydrogen (secondary N) is 1. The van der Waals surface area contributed by atoms with Crippen molar-refractivity contribution in [2.75, 3.05) is 13.7 Å². The van der Waals surface area contributed by atoms with Crippen molar-refractivity contribution in [2.24, 2.45) is 0 Å². The number of hydrogen-bond acceptors (Lipinski definition) is 4. The highest BCUT2D eigenvalue weighted by Gasteiger charge is 2.09. The zero-order valence-corrected chi connectivity index (χ0v) is 12.9. The van der Waals surface area contributed by atoms with Crippen LogP contribution in [0.2, 0.25) is 0 Å². The monoisotopic (exact) mass is 289 g/mol. The van der Waals surface area contributed by atoms with Crippen LogP contribution >= 0.6 is 0 Å². The van der Waals surface area contributed by atoms with Crippen molar-refractivity contribution >= 4 is 0 Å². The van der Waals surface area contributed by atoms with Crippen LogP contribution < -0.4 is 14.8 Å². The van der Waals surface area contributed by atoms with Crippen LogP contribution in [0, 0.1) is 6.92 Å². The zero-order chi connectivity index (χ0) is 15.1. The maximum Gasteiger partial charge on any atom is 0.161 e. The maximum absolute atomic E-state index is 5.83. The summed E-state index contributed by atoms with van der Waals surface area (Å²) in [6.45, 7) is 5.93. The average Bonchev–Trinajstić information content (AvgIpc) is 2.84. The molecule has 2 aromatic rings. The molecule has 2 rings (SSSR count). The molecule has 0 amide bonds. The van der Waals surface area contributed by atoms with E-state index in [4.69, 9.17) is 13.9 Å². The number of para-hydroxylation sites is 2. The van der Waals surface area contributed by atoms with Gasteiger partial charge in [0.05, 0.1) is 6.61 Å². The van der Waals surface area contributed by atoms with E-state index in [0.29, 0.717) is 13.2 Å². The second kappa shape index (κ2) is 7.74. The van der Waals surface area contributed by atoms with Crippen LogP contribution in [-0.2, 0) is 13.2 Å². The van der Waals surface area contributed by atoms with Crippen molar-refractivity contribution in [1.29, 1.82) is 0 Å². The van der Waals surface area contributed by atoms with Gasteiger partial charge in [0.25, 0.3) is 0 Å². The minimum absolute atomic E-state index is 0.400. The Labute approximate surface area is 126 Å². The van der Waals surface area contributed by atoms with Gasteiger partial charge in [0.1, 0.15) is 18.1 Å². The van der Waals surface area contributed by atoms with Gasteiger partial charge in [-0.2, -0.15) is 0 Å². The normalized spacial score (nSPS) is 10.6. The smallest absolute Gasteiger partial charge is 0.161 e. The molecule has 0 radical (unpaired) electrons. The summed E-state index contributed by atoms with van der Waals surface area (Å²) in [6, 6.07) is 9.75. The second-order valence-electron chi connectivity index (χ2n) is 4.91. The average molecular weight is 289 g/mol. The van der Waals surface area contributed by atoms with E-state index in [1.54, 1.807) is 0 Å². The highest BCUT2D eigenvalue weighted by atomic mass is 16.5. The first-order valence-corrected chi connectivity index (χ1v) is 7.32. The van der Waals surface area contributed by atoms with Gasteiger partial charge >= 0.3 is 0 Å². The molecule has 0 unspecified atom stereocenters. The fourth-order valence-electron chi connectivity index (χ4n) is 2.07. The van der Waals surface area contributed by atoms with Crippen LogP contribution in [0.4, 0.5) is 0 Å². The van der Waals surface area contributed by atoms with E-state index in [9.17, 15) is 0 Å². The summed E-state index contributed by atoms with van der Waals surface area (Å²) >= 11 is 0. The van der Waals surface area contributed by atoms with Gasteiger partial charge in [-0.15, -0.1) is 0 Å². The van der Waals surface area contributed by atoms with Crippen LogP contribution in [0.5, 0.6) is 11.5 Å². The first-order valence-electron chi connectivity index (χ1n) is 7.32. The fourth-order valence-corrected chi connectivity index (χ4v) is 2.07. The molecule has 1 aromatic heterocycles. The number of rotatable bonds is 8. The third kappa shape index (κ3) is 4.26. The van der Waals surface area contributed by atoms with Crippen LogP contribution in [0.15, 0.2) is 34.7 Å². The summed E-state index contributed by atoms with van der Waals surface area (Å²) in [7, 11) is 1.92. The Morgan fingerprint density at radius 3 is 2.52 bits per heavy atom. The van der Waals surface area contributed by atoms with Gasteiger partial charge in [-0.1, -0.05) is 19.1 Å². The van der Waals surface area contributed by atoms with Crippen molar-refractivity contribution < 1.29 is 13.9 Å². The van der Waals surface area contributed by atoms with E-state index in [-0.39, 0.29) is 0 Å². The molecule has 0 fully saturated rings. The lowest BCUT2D eigenvalue weighted by atomic mass is 10.2. The molecule has 1 aromatic carbocycles. The molecule has 0 saturated heterocycles. The van der Waals surface area contributed by atoms with Crippen molar-refractivity contribution in [2.45, 2.75) is 33.4 Å². The van der Waals surface area contributed by atoms with Gasteiger partial charge in [0.2, 0.25) is 0 Å². The molecule has 0 atom stereocenters. The highest BCUT2D eigenvalue weighted by Crippen LogP contribution is 2.28. The third-order valence-corrected chi connectivity index (χ3v) is 3.12. The van der Waals surface area contributed by atoms with E-state index in [1.807, 2.05) is 44.3 Å². The Kier molecular flexibility index (Phi) is 5.69. The minimum Gasteiger partial charge on any atom is -0.490 e. The third-order valence-electron chi connectivity index (χ3n) is 3.12. The largest absolute Gasteiger partial charge is 0.490 e. The molecule has 0 saturated carbocycles. The highest BCUT2D eigenvalue weighted by molar-refractivity contribution is 5.39. The first kappa shape index (κ1) is 15.4. The summed E-state index contributed by atoms with van der Waals surface area (Å²) in [5.74, 6) is 3.27. The van der Waals surface area contributed by atoms with E-state index in [0.717, 1.165) is 41.5 Å². The van der Waals surface area contributed by atoms with E-state index in [2.05, 4.69) is 12.2 Å². The molecule has 0 aliphatic carbocycles. The minimum atomic E-state index is 0.400. The molecule has 4 heteroatoms. The quantitative estimate of drug-likeness (QED) is 0.805. The summed E-state index contributed by atoms with van der Waals surface area (Å²) < 4.78 is 17.2. The lowest BCUT2D eigenvalue weighted by molar-refractivity contribution is 0.241. The summed E-state index contributed by atoms with van der Waals surface area (Å²) in [5.41, 5.74) is 1.16. The summed E-state index contributed by atoms with van der Waals surface area (Å²) in [6.07, 6.45) is 0.971. The van der Waals surface area contributed by atoms with Crippen molar-refractivity contribution in [3.05, 3.63) is 47.4 Å². The SMILES string of the molecule is CCCOc1ccccc1OCc1cc(CNC)c(C)o1. The standard InChI is InChI=1S/C17H23NO3/c1-4-9-19-16-7-5-6-8-17(16)20-12-15-10-14(11-18-3)13(2)21-15/h5-8,10,18H,4,9,11-12H2,1-3H3. The molecule has 0 aliphatic rings. The lowest BCUT2D eigenvalue weighted by Crippen LogP contribution is -2.04. The Hall–Kier alpha value is -1.94. The van der Waals surface area contributed by atoms with Crippen molar-refractivity contribution in [3.8, 4) is 11.5 Å². The number of benzene rings is 1. The molecule has 114 valence electrons. The van der Waals surface area contributed by atoms with Gasteiger partial charge in [0.15, 0.2) is 11.5 Å². The molecule has 1 N–H and O–H groups in total. The Balaban J connectivity index is 2.01. The van der Waals surface area contributed by atoms with Crippen molar-refractivity contribution in [1.82, 2.24) is 5.32 Å². The molecule has 21 heavy (non-hydrogen) atoms. The van der Waals surface area contributed by atoms with Crippen molar-refractivity contribution in [3.63, 3.8) is 0 Å².